The summed E-state index contributed by atoms with van der Waals surface area (Å²) in [5.74, 6) is 0.999. The average molecular weight is 468 g/mol. The Hall–Kier alpha value is -3.85. The van der Waals surface area contributed by atoms with E-state index < -0.39 is 5.91 Å². The summed E-state index contributed by atoms with van der Waals surface area (Å²) in [5, 5.41) is 8.37. The van der Waals surface area contributed by atoms with Crippen molar-refractivity contribution in [3.8, 4) is 11.5 Å². The Kier molecular flexibility index (Phi) is 8.04. The first-order valence-corrected chi connectivity index (χ1v) is 10.6. The van der Waals surface area contributed by atoms with Crippen molar-refractivity contribution in [2.75, 3.05) is 24.4 Å². The summed E-state index contributed by atoms with van der Waals surface area (Å²) in [6.07, 6.45) is 1.42. The van der Waals surface area contributed by atoms with Gasteiger partial charge in [0.15, 0.2) is 10.9 Å². The van der Waals surface area contributed by atoms with E-state index in [9.17, 15) is 9.59 Å². The van der Waals surface area contributed by atoms with Crippen LogP contribution < -0.4 is 25.4 Å². The Bertz CT molecular complexity index is 1110. The molecule has 0 saturated carbocycles. The topological polar surface area (TPSA) is 102 Å². The van der Waals surface area contributed by atoms with Gasteiger partial charge >= 0.3 is 0 Å². The summed E-state index contributed by atoms with van der Waals surface area (Å²) in [4.78, 5) is 24.8. The predicted octanol–water partition coefficient (Wildman–Crippen LogP) is 4.70. The van der Waals surface area contributed by atoms with Gasteiger partial charge in [0.1, 0.15) is 11.5 Å². The van der Waals surface area contributed by atoms with Gasteiger partial charge in [0.2, 0.25) is 0 Å². The lowest BCUT2D eigenvalue weighted by molar-refractivity contribution is 0.0975. The number of nitrogens with one attached hydrogen (secondary N) is 3. The summed E-state index contributed by atoms with van der Waals surface area (Å²) < 4.78 is 16.1. The number of carbonyl (C=O) groups is 2. The van der Waals surface area contributed by atoms with Crippen molar-refractivity contribution in [1.82, 2.24) is 5.32 Å². The first kappa shape index (κ1) is 23.8. The SMILES string of the molecule is COc1ccc(NC(=O)c2ccco2)cc1NC(=S)NC(=O)c1ccc(OCC(C)C)cc1. The van der Waals surface area contributed by atoms with Crippen LogP contribution in [0.5, 0.6) is 11.5 Å². The molecule has 2 aromatic carbocycles. The van der Waals surface area contributed by atoms with Crippen LogP contribution in [-0.2, 0) is 0 Å². The van der Waals surface area contributed by atoms with Crippen LogP contribution in [0.15, 0.2) is 65.3 Å². The molecule has 3 N–H and O–H groups in total. The molecule has 0 unspecified atom stereocenters. The van der Waals surface area contributed by atoms with Crippen molar-refractivity contribution in [2.45, 2.75) is 13.8 Å². The second-order valence-corrected chi connectivity index (χ2v) is 7.89. The highest BCUT2D eigenvalue weighted by Crippen LogP contribution is 2.28. The van der Waals surface area contributed by atoms with Gasteiger partial charge in [0.05, 0.1) is 25.7 Å². The van der Waals surface area contributed by atoms with E-state index in [0.29, 0.717) is 41.0 Å². The zero-order chi connectivity index (χ0) is 23.8. The quantitative estimate of drug-likeness (QED) is 0.413. The second kappa shape index (κ2) is 11.1. The van der Waals surface area contributed by atoms with Gasteiger partial charge < -0.3 is 24.5 Å². The van der Waals surface area contributed by atoms with Crippen LogP contribution in [0.1, 0.15) is 34.8 Å². The fourth-order valence-corrected chi connectivity index (χ4v) is 2.98. The Morgan fingerprint density at radius 2 is 1.79 bits per heavy atom. The van der Waals surface area contributed by atoms with E-state index in [1.807, 2.05) is 0 Å². The van der Waals surface area contributed by atoms with Gasteiger partial charge in [-0.1, -0.05) is 13.8 Å². The van der Waals surface area contributed by atoms with E-state index in [1.165, 1.54) is 13.4 Å². The van der Waals surface area contributed by atoms with Gasteiger partial charge in [-0.2, -0.15) is 0 Å². The normalized spacial score (nSPS) is 10.4. The maximum Gasteiger partial charge on any atom is 0.291 e. The third-order valence-electron chi connectivity index (χ3n) is 4.38. The minimum absolute atomic E-state index is 0.0768. The summed E-state index contributed by atoms with van der Waals surface area (Å²) in [7, 11) is 1.51. The van der Waals surface area contributed by atoms with E-state index in [0.717, 1.165) is 0 Å². The average Bonchev–Trinajstić information content (AvgIpc) is 3.33. The van der Waals surface area contributed by atoms with Gasteiger partial charge in [0.25, 0.3) is 11.8 Å². The van der Waals surface area contributed by atoms with Crippen LogP contribution in [0.4, 0.5) is 11.4 Å². The molecule has 1 heterocycles. The number of methoxy groups -OCH3 is 1. The van der Waals surface area contributed by atoms with Crippen molar-refractivity contribution in [1.29, 1.82) is 0 Å². The number of anilines is 2. The maximum absolute atomic E-state index is 12.5. The predicted molar refractivity (Wildman–Crippen MR) is 130 cm³/mol. The molecule has 8 nitrogen and oxygen atoms in total. The second-order valence-electron chi connectivity index (χ2n) is 7.48. The molecule has 3 rings (SSSR count). The lowest BCUT2D eigenvalue weighted by Crippen LogP contribution is -2.34. The third-order valence-corrected chi connectivity index (χ3v) is 4.58. The molecule has 0 fully saturated rings. The summed E-state index contributed by atoms with van der Waals surface area (Å²) in [5.41, 5.74) is 1.39. The van der Waals surface area contributed by atoms with Crippen LogP contribution in [-0.4, -0.2) is 30.6 Å². The molecular formula is C24H25N3O5S. The molecule has 3 aromatic rings. The van der Waals surface area contributed by atoms with Crippen LogP contribution in [0.2, 0.25) is 0 Å². The highest BCUT2D eigenvalue weighted by molar-refractivity contribution is 7.80. The fourth-order valence-electron chi connectivity index (χ4n) is 2.78. The van der Waals surface area contributed by atoms with E-state index in [-0.39, 0.29) is 16.8 Å². The van der Waals surface area contributed by atoms with Crippen molar-refractivity contribution < 1.29 is 23.5 Å². The zero-order valence-electron chi connectivity index (χ0n) is 18.5. The standard InChI is InChI=1S/C24H25N3O5S/c1-15(2)14-32-18-9-6-16(7-10-18)22(28)27-24(33)26-19-13-17(8-11-20(19)30-3)25-23(29)21-5-4-12-31-21/h4-13,15H,14H2,1-3H3,(H,25,29)(H2,26,27,28,33). The number of ether oxygens (including phenoxy) is 2. The molecular weight excluding hydrogens is 442 g/mol. The van der Waals surface area contributed by atoms with Crippen molar-refractivity contribution in [3.05, 3.63) is 72.2 Å². The molecule has 172 valence electrons. The van der Waals surface area contributed by atoms with Gasteiger partial charge in [-0.15, -0.1) is 0 Å². The number of furan rings is 1. The maximum atomic E-state index is 12.5. The molecule has 2 amide bonds. The van der Waals surface area contributed by atoms with Crippen molar-refractivity contribution in [3.63, 3.8) is 0 Å². The van der Waals surface area contributed by atoms with E-state index in [2.05, 4.69) is 29.8 Å². The zero-order valence-corrected chi connectivity index (χ0v) is 19.3. The Balaban J connectivity index is 1.62. The number of hydrogen-bond acceptors (Lipinski definition) is 6. The van der Waals surface area contributed by atoms with E-state index >= 15 is 0 Å². The monoisotopic (exact) mass is 467 g/mol. The van der Waals surface area contributed by atoms with Gasteiger partial charge in [-0.05, 0) is 72.7 Å². The van der Waals surface area contributed by atoms with Gasteiger partial charge in [0, 0.05) is 11.3 Å². The van der Waals surface area contributed by atoms with Crippen LogP contribution in [0.3, 0.4) is 0 Å². The number of benzene rings is 2. The molecule has 0 aliphatic rings. The molecule has 1 aromatic heterocycles. The van der Waals surface area contributed by atoms with Crippen LogP contribution >= 0.6 is 12.2 Å². The molecule has 0 aliphatic carbocycles. The smallest absolute Gasteiger partial charge is 0.291 e. The molecule has 33 heavy (non-hydrogen) atoms. The van der Waals surface area contributed by atoms with Gasteiger partial charge in [-0.25, -0.2) is 0 Å². The lowest BCUT2D eigenvalue weighted by atomic mass is 10.2. The Labute approximate surface area is 197 Å². The molecule has 0 atom stereocenters. The Morgan fingerprint density at radius 1 is 1.03 bits per heavy atom. The third kappa shape index (κ3) is 6.81. The molecule has 0 bridgehead atoms. The molecule has 0 saturated heterocycles. The van der Waals surface area contributed by atoms with E-state index in [1.54, 1.807) is 54.6 Å². The highest BCUT2D eigenvalue weighted by atomic mass is 32.1. The first-order chi connectivity index (χ1) is 15.9. The van der Waals surface area contributed by atoms with Crippen molar-refractivity contribution >= 4 is 40.5 Å². The van der Waals surface area contributed by atoms with E-state index in [4.69, 9.17) is 26.1 Å². The highest BCUT2D eigenvalue weighted by Gasteiger charge is 2.13. The number of thiocarbonyl (C=S) groups is 1. The summed E-state index contributed by atoms with van der Waals surface area (Å²) >= 11 is 5.29. The Morgan fingerprint density at radius 3 is 2.42 bits per heavy atom. The number of hydrogen-bond donors (Lipinski definition) is 3. The summed E-state index contributed by atoms with van der Waals surface area (Å²) in [6, 6.07) is 15.0. The fraction of sp³-hybridized carbons (Fsp3) is 0.208. The first-order valence-electron chi connectivity index (χ1n) is 10.2. The minimum Gasteiger partial charge on any atom is -0.495 e. The molecule has 0 radical (unpaired) electrons. The van der Waals surface area contributed by atoms with Crippen molar-refractivity contribution in [2.24, 2.45) is 5.92 Å². The summed E-state index contributed by atoms with van der Waals surface area (Å²) in [6.45, 7) is 4.73. The molecule has 0 aliphatic heterocycles. The van der Waals surface area contributed by atoms with Gasteiger partial charge in [-0.3, -0.25) is 14.9 Å². The van der Waals surface area contributed by atoms with Crippen LogP contribution in [0, 0.1) is 5.92 Å². The number of rotatable bonds is 8. The number of amides is 2. The molecule has 9 heteroatoms. The number of carbonyl (C=O) groups excluding carboxylic acids is 2. The lowest BCUT2D eigenvalue weighted by Gasteiger charge is -2.15. The largest absolute Gasteiger partial charge is 0.495 e. The van der Waals surface area contributed by atoms with Crippen LogP contribution in [0.25, 0.3) is 0 Å². The molecule has 0 spiro atoms. The minimum atomic E-state index is -0.396.